The number of hydrogen-bond acceptors (Lipinski definition) is 4. The Morgan fingerprint density at radius 3 is 2.58 bits per heavy atom. The summed E-state index contributed by atoms with van der Waals surface area (Å²) < 4.78 is 29.1. The Kier molecular flexibility index (Phi) is 4.54. The summed E-state index contributed by atoms with van der Waals surface area (Å²) in [6, 6.07) is 2.55. The zero-order valence-electron chi connectivity index (χ0n) is 13.6. The molecule has 0 bridgehead atoms. The second-order valence-corrected chi connectivity index (χ2v) is 7.78. The Hall–Kier alpha value is -2.02. The number of rotatable bonds is 5. The van der Waals surface area contributed by atoms with Gasteiger partial charge in [-0.3, -0.25) is 0 Å². The molecule has 1 aliphatic rings. The summed E-state index contributed by atoms with van der Waals surface area (Å²) in [5.41, 5.74) is 13.5. The van der Waals surface area contributed by atoms with E-state index >= 15 is 0 Å². The van der Waals surface area contributed by atoms with E-state index in [0.717, 1.165) is 18.9 Å². The summed E-state index contributed by atoms with van der Waals surface area (Å²) in [4.78, 5) is 4.48. The molecule has 1 aromatic carbocycles. The van der Waals surface area contributed by atoms with E-state index in [2.05, 4.69) is 4.98 Å². The van der Waals surface area contributed by atoms with Crippen molar-refractivity contribution in [2.45, 2.75) is 38.0 Å². The number of imidazole rings is 1. The molecule has 3 rings (SSSR count). The minimum absolute atomic E-state index is 0.234. The van der Waals surface area contributed by atoms with E-state index in [-0.39, 0.29) is 6.04 Å². The fourth-order valence-corrected chi connectivity index (χ4v) is 3.38. The Bertz CT molecular complexity index is 835. The van der Waals surface area contributed by atoms with Gasteiger partial charge >= 0.3 is 0 Å². The highest BCUT2D eigenvalue weighted by atomic mass is 32.2. The predicted octanol–water partition coefficient (Wildman–Crippen LogP) is 3.89. The van der Waals surface area contributed by atoms with Crippen molar-refractivity contribution in [2.24, 2.45) is 11.5 Å². The Balaban J connectivity index is 2.12. The number of thioether (sulfide) groups is 1. The molecule has 1 saturated carbocycles. The Morgan fingerprint density at radius 1 is 1.33 bits per heavy atom. The molecule has 0 radical (unpaired) electrons. The molecule has 4 nitrogen and oxygen atoms in total. The molecule has 1 aliphatic carbocycles. The average Bonchev–Trinajstić information content (AvgIpc) is 3.27. The van der Waals surface area contributed by atoms with Crippen LogP contribution < -0.4 is 11.5 Å². The van der Waals surface area contributed by atoms with Gasteiger partial charge in [-0.05, 0) is 18.9 Å². The number of hydrogen-bond donors (Lipinski definition) is 2. The van der Waals surface area contributed by atoms with Gasteiger partial charge in [0.05, 0.1) is 16.1 Å². The molecule has 7 heteroatoms. The first-order valence-corrected chi connectivity index (χ1v) is 8.71. The molecule has 1 fully saturated rings. The first-order chi connectivity index (χ1) is 11.4. The maximum Gasteiger partial charge on any atom is 0.161 e. The molecular formula is C17H20F2N4S. The second kappa shape index (κ2) is 6.47. The minimum atomic E-state index is -0.904. The SMILES string of the molecule is CC(C)S/C(N)=C/C(=C\N)c1nc2cc(F)c(F)cc2n1C1CC1. The smallest absolute Gasteiger partial charge is 0.161 e. The van der Waals surface area contributed by atoms with Crippen molar-refractivity contribution in [3.63, 3.8) is 0 Å². The molecule has 24 heavy (non-hydrogen) atoms. The summed E-state index contributed by atoms with van der Waals surface area (Å²) >= 11 is 1.52. The third-order valence-corrected chi connectivity index (χ3v) is 4.61. The average molecular weight is 350 g/mol. The van der Waals surface area contributed by atoms with Gasteiger partial charge in [-0.1, -0.05) is 13.8 Å². The maximum absolute atomic E-state index is 13.7. The lowest BCUT2D eigenvalue weighted by atomic mass is 10.2. The summed E-state index contributed by atoms with van der Waals surface area (Å²) in [5, 5.41) is 0.958. The third kappa shape index (κ3) is 3.26. The minimum Gasteiger partial charge on any atom is -0.404 e. The third-order valence-electron chi connectivity index (χ3n) is 3.75. The predicted molar refractivity (Wildman–Crippen MR) is 95.1 cm³/mol. The zero-order chi connectivity index (χ0) is 17.4. The van der Waals surface area contributed by atoms with E-state index < -0.39 is 11.6 Å². The number of halogens is 2. The van der Waals surface area contributed by atoms with Crippen LogP contribution in [0.5, 0.6) is 0 Å². The number of aromatic nitrogens is 2. The number of nitrogens with zero attached hydrogens (tertiary/aromatic N) is 2. The van der Waals surface area contributed by atoms with Gasteiger partial charge in [0, 0.05) is 35.2 Å². The molecule has 0 atom stereocenters. The van der Waals surface area contributed by atoms with E-state index in [9.17, 15) is 8.78 Å². The molecule has 0 unspecified atom stereocenters. The lowest BCUT2D eigenvalue weighted by Gasteiger charge is -2.10. The number of allylic oxidation sites excluding steroid dienone is 2. The highest BCUT2D eigenvalue weighted by molar-refractivity contribution is 8.03. The molecule has 0 aliphatic heterocycles. The van der Waals surface area contributed by atoms with Crippen LogP contribution in [0.2, 0.25) is 0 Å². The Morgan fingerprint density at radius 2 is 2.00 bits per heavy atom. The van der Waals surface area contributed by atoms with Gasteiger partial charge in [-0.25, -0.2) is 13.8 Å². The monoisotopic (exact) mass is 350 g/mol. The summed E-state index contributed by atoms with van der Waals surface area (Å²) in [5.74, 6) is -1.19. The van der Waals surface area contributed by atoms with Crippen LogP contribution in [0, 0.1) is 11.6 Å². The molecular weight excluding hydrogens is 330 g/mol. The van der Waals surface area contributed by atoms with E-state index in [1.54, 1.807) is 6.08 Å². The van der Waals surface area contributed by atoms with E-state index in [1.165, 1.54) is 24.0 Å². The quantitative estimate of drug-likeness (QED) is 0.803. The number of benzene rings is 1. The molecule has 1 aromatic heterocycles. The van der Waals surface area contributed by atoms with Gasteiger partial charge in [0.1, 0.15) is 5.82 Å². The van der Waals surface area contributed by atoms with Gasteiger partial charge in [0.2, 0.25) is 0 Å². The van der Waals surface area contributed by atoms with Crippen molar-refractivity contribution in [1.82, 2.24) is 9.55 Å². The van der Waals surface area contributed by atoms with Crippen molar-refractivity contribution in [3.05, 3.63) is 46.9 Å². The Labute approximate surface area is 143 Å². The van der Waals surface area contributed by atoms with Crippen LogP contribution in [0.3, 0.4) is 0 Å². The molecule has 0 amide bonds. The summed E-state index contributed by atoms with van der Waals surface area (Å²) in [7, 11) is 0. The lowest BCUT2D eigenvalue weighted by Crippen LogP contribution is -2.04. The fourth-order valence-electron chi connectivity index (χ4n) is 2.64. The van der Waals surface area contributed by atoms with Crippen LogP contribution in [0.1, 0.15) is 38.6 Å². The van der Waals surface area contributed by atoms with E-state index in [0.29, 0.717) is 32.7 Å². The molecule has 0 saturated heterocycles. The van der Waals surface area contributed by atoms with Crippen molar-refractivity contribution >= 4 is 28.4 Å². The first kappa shape index (κ1) is 16.8. The van der Waals surface area contributed by atoms with Crippen LogP contribution in [0.4, 0.5) is 8.78 Å². The molecule has 2 aromatic rings. The van der Waals surface area contributed by atoms with Crippen LogP contribution in [0.25, 0.3) is 16.6 Å². The molecule has 4 N–H and O–H groups in total. The fraction of sp³-hybridized carbons (Fsp3) is 0.353. The van der Waals surface area contributed by atoms with Crippen molar-refractivity contribution in [1.29, 1.82) is 0 Å². The van der Waals surface area contributed by atoms with Gasteiger partial charge in [0.25, 0.3) is 0 Å². The highest BCUT2D eigenvalue weighted by Gasteiger charge is 2.29. The molecule has 1 heterocycles. The normalized spacial score (nSPS) is 16.4. The highest BCUT2D eigenvalue weighted by Crippen LogP contribution is 2.40. The molecule has 0 spiro atoms. The van der Waals surface area contributed by atoms with Crippen LogP contribution >= 0.6 is 11.8 Å². The van der Waals surface area contributed by atoms with Crippen molar-refractivity contribution < 1.29 is 8.78 Å². The standard InChI is InChI=1S/C17H20F2N4S/c1-9(2)24-16(21)5-10(8-20)17-22-14-6-12(18)13(19)7-15(14)23(17)11-3-4-11/h5-9,11H,3-4,20-21H2,1-2H3/b10-8+,16-5+. The van der Waals surface area contributed by atoms with Crippen LogP contribution in [0.15, 0.2) is 29.4 Å². The van der Waals surface area contributed by atoms with Gasteiger partial charge < -0.3 is 16.0 Å². The second-order valence-electron chi connectivity index (χ2n) is 6.13. The maximum atomic E-state index is 13.7. The van der Waals surface area contributed by atoms with Crippen molar-refractivity contribution in [2.75, 3.05) is 0 Å². The first-order valence-electron chi connectivity index (χ1n) is 7.83. The van der Waals surface area contributed by atoms with Gasteiger partial charge in [0.15, 0.2) is 11.6 Å². The molecule has 128 valence electrons. The van der Waals surface area contributed by atoms with Crippen molar-refractivity contribution in [3.8, 4) is 0 Å². The number of nitrogens with two attached hydrogens (primary N) is 2. The lowest BCUT2D eigenvalue weighted by molar-refractivity contribution is 0.510. The van der Waals surface area contributed by atoms with Crippen LogP contribution in [-0.2, 0) is 0 Å². The number of fused-ring (bicyclic) bond motifs is 1. The van der Waals surface area contributed by atoms with Crippen LogP contribution in [-0.4, -0.2) is 14.8 Å². The van der Waals surface area contributed by atoms with Gasteiger partial charge in [-0.15, -0.1) is 11.8 Å². The largest absolute Gasteiger partial charge is 0.404 e. The van der Waals surface area contributed by atoms with Gasteiger partial charge in [-0.2, -0.15) is 0 Å². The van der Waals surface area contributed by atoms with E-state index in [4.69, 9.17) is 11.5 Å². The summed E-state index contributed by atoms with van der Waals surface area (Å²) in [6.45, 7) is 4.09. The summed E-state index contributed by atoms with van der Waals surface area (Å²) in [6.07, 6.45) is 5.16. The zero-order valence-corrected chi connectivity index (χ0v) is 14.4. The van der Waals surface area contributed by atoms with E-state index in [1.807, 2.05) is 18.4 Å². The topological polar surface area (TPSA) is 69.9 Å².